The molecule has 0 bridgehead atoms. The third-order valence-electron chi connectivity index (χ3n) is 2.77. The van der Waals surface area contributed by atoms with Crippen molar-refractivity contribution >= 4 is 5.82 Å². The maximum atomic E-state index is 11.6. The second-order valence-corrected chi connectivity index (χ2v) is 4.14. The molecule has 7 nitrogen and oxygen atoms in total. The van der Waals surface area contributed by atoms with Crippen LogP contribution in [0.2, 0.25) is 0 Å². The van der Waals surface area contributed by atoms with Gasteiger partial charge in [0.15, 0.2) is 0 Å². The molecule has 94 valence electrons. The molecule has 2 rings (SSSR count). The van der Waals surface area contributed by atoms with Crippen LogP contribution < -0.4 is 11.4 Å². The van der Waals surface area contributed by atoms with Crippen molar-refractivity contribution < 1.29 is 14.9 Å². The van der Waals surface area contributed by atoms with Crippen LogP contribution in [0.5, 0.6) is 0 Å². The molecule has 0 amide bonds. The number of nitrogens with zero attached hydrogens (tertiary/aromatic N) is 2. The third kappa shape index (κ3) is 2.31. The summed E-state index contributed by atoms with van der Waals surface area (Å²) in [5.74, 6) is 0.136. The average molecular weight is 241 g/mol. The summed E-state index contributed by atoms with van der Waals surface area (Å²) in [5, 5.41) is 19.1. The molecule has 0 saturated carbocycles. The molecule has 1 saturated heterocycles. The van der Waals surface area contributed by atoms with Gasteiger partial charge in [-0.05, 0) is 13.0 Å². The Bertz CT molecular complexity index is 459. The van der Waals surface area contributed by atoms with Gasteiger partial charge >= 0.3 is 5.69 Å². The normalized spacial score (nSPS) is 30.4. The lowest BCUT2D eigenvalue weighted by molar-refractivity contribution is -0.0770. The number of aliphatic hydroxyl groups is 2. The lowest BCUT2D eigenvalue weighted by Gasteiger charge is -2.18. The largest absolute Gasteiger partial charge is 0.391 e. The molecular formula is C10H15N3O4. The Kier molecular flexibility index (Phi) is 3.14. The summed E-state index contributed by atoms with van der Waals surface area (Å²) in [4.78, 5) is 15.1. The highest BCUT2D eigenvalue weighted by molar-refractivity contribution is 5.23. The summed E-state index contributed by atoms with van der Waals surface area (Å²) >= 11 is 0. The molecule has 4 unspecified atom stereocenters. The summed E-state index contributed by atoms with van der Waals surface area (Å²) in [6, 6.07) is 1.48. The number of aromatic nitrogens is 2. The van der Waals surface area contributed by atoms with E-state index < -0.39 is 30.2 Å². The third-order valence-corrected chi connectivity index (χ3v) is 2.77. The second kappa shape index (κ2) is 4.44. The van der Waals surface area contributed by atoms with E-state index in [9.17, 15) is 15.0 Å². The molecule has 1 aliphatic heterocycles. The summed E-state index contributed by atoms with van der Waals surface area (Å²) in [6.45, 7) is 1.53. The Hall–Kier alpha value is -1.44. The molecule has 0 radical (unpaired) electrons. The van der Waals surface area contributed by atoms with Crippen molar-refractivity contribution in [2.24, 2.45) is 0 Å². The Morgan fingerprint density at radius 2 is 2.41 bits per heavy atom. The molecule has 1 aliphatic rings. The minimum Gasteiger partial charge on any atom is -0.391 e. The zero-order chi connectivity index (χ0) is 12.6. The number of nitrogen functional groups attached to an aromatic ring is 1. The van der Waals surface area contributed by atoms with Gasteiger partial charge in [-0.25, -0.2) is 4.79 Å². The molecule has 2 heterocycles. The lowest BCUT2D eigenvalue weighted by atomic mass is 10.1. The van der Waals surface area contributed by atoms with Crippen molar-refractivity contribution in [2.45, 2.75) is 37.9 Å². The molecule has 4 N–H and O–H groups in total. The first kappa shape index (κ1) is 12.0. The van der Waals surface area contributed by atoms with E-state index in [4.69, 9.17) is 10.5 Å². The predicted octanol–water partition coefficient (Wildman–Crippen LogP) is -1.15. The van der Waals surface area contributed by atoms with E-state index in [2.05, 4.69) is 4.98 Å². The van der Waals surface area contributed by atoms with E-state index in [1.807, 2.05) is 0 Å². The van der Waals surface area contributed by atoms with E-state index in [1.54, 1.807) is 0 Å². The molecule has 1 aromatic rings. The molecule has 7 heteroatoms. The van der Waals surface area contributed by atoms with Gasteiger partial charge in [-0.3, -0.25) is 4.57 Å². The quantitative estimate of drug-likeness (QED) is 0.603. The lowest BCUT2D eigenvalue weighted by Crippen LogP contribution is -2.32. The van der Waals surface area contributed by atoms with Gasteiger partial charge in [-0.15, -0.1) is 0 Å². The van der Waals surface area contributed by atoms with Crippen molar-refractivity contribution in [2.75, 3.05) is 5.73 Å². The summed E-state index contributed by atoms with van der Waals surface area (Å²) in [7, 11) is 0. The average Bonchev–Trinajstić information content (AvgIpc) is 2.60. The highest BCUT2D eigenvalue weighted by Crippen LogP contribution is 2.29. The number of hydrogen-bond acceptors (Lipinski definition) is 6. The van der Waals surface area contributed by atoms with Gasteiger partial charge < -0.3 is 20.7 Å². The van der Waals surface area contributed by atoms with Crippen molar-refractivity contribution in [3.05, 3.63) is 22.7 Å². The molecule has 0 aliphatic carbocycles. The second-order valence-electron chi connectivity index (χ2n) is 4.14. The number of hydrogen-bond donors (Lipinski definition) is 3. The van der Waals surface area contributed by atoms with Crippen LogP contribution >= 0.6 is 0 Å². The summed E-state index contributed by atoms with van der Waals surface area (Å²) in [6.07, 6.45) is -1.21. The van der Waals surface area contributed by atoms with Crippen LogP contribution in [0.4, 0.5) is 5.82 Å². The van der Waals surface area contributed by atoms with Crippen LogP contribution in [-0.4, -0.2) is 38.1 Å². The Morgan fingerprint density at radius 3 is 2.94 bits per heavy atom. The Balaban J connectivity index is 2.23. The van der Waals surface area contributed by atoms with Crippen LogP contribution in [0, 0.1) is 0 Å². The van der Waals surface area contributed by atoms with Crippen LogP contribution in [0.3, 0.4) is 0 Å². The maximum Gasteiger partial charge on any atom is 0.351 e. The van der Waals surface area contributed by atoms with Gasteiger partial charge in [-0.2, -0.15) is 4.98 Å². The number of aliphatic hydroxyl groups excluding tert-OH is 2. The zero-order valence-electron chi connectivity index (χ0n) is 9.35. The van der Waals surface area contributed by atoms with Crippen molar-refractivity contribution in [3.63, 3.8) is 0 Å². The molecule has 4 atom stereocenters. The van der Waals surface area contributed by atoms with E-state index in [0.717, 1.165) is 0 Å². The van der Waals surface area contributed by atoms with E-state index in [0.29, 0.717) is 0 Å². The minimum atomic E-state index is -0.801. The van der Waals surface area contributed by atoms with Crippen LogP contribution in [0.1, 0.15) is 19.6 Å². The highest BCUT2D eigenvalue weighted by Gasteiger charge is 2.38. The predicted molar refractivity (Wildman–Crippen MR) is 59.1 cm³/mol. The fourth-order valence-electron chi connectivity index (χ4n) is 1.93. The van der Waals surface area contributed by atoms with Crippen molar-refractivity contribution in [1.29, 1.82) is 0 Å². The molecule has 1 aromatic heterocycles. The van der Waals surface area contributed by atoms with Crippen LogP contribution in [0.25, 0.3) is 0 Å². The van der Waals surface area contributed by atoms with Gasteiger partial charge in [0.05, 0.1) is 12.2 Å². The smallest absolute Gasteiger partial charge is 0.351 e. The number of nitrogens with two attached hydrogens (primary N) is 1. The van der Waals surface area contributed by atoms with Crippen LogP contribution in [0.15, 0.2) is 17.1 Å². The standard InChI is InChI=1S/C10H15N3O4/c1-5(14)9-6(15)4-8(17-9)13-3-2-7(11)12-10(13)16/h2-3,5-6,8-9,14-15H,4H2,1H3,(H2,11,12,16). The molecule has 1 fully saturated rings. The van der Waals surface area contributed by atoms with Gasteiger partial charge in [-0.1, -0.05) is 0 Å². The van der Waals surface area contributed by atoms with E-state index in [-0.39, 0.29) is 12.2 Å². The number of ether oxygens (including phenoxy) is 1. The molecular weight excluding hydrogens is 226 g/mol. The van der Waals surface area contributed by atoms with Crippen molar-refractivity contribution in [1.82, 2.24) is 9.55 Å². The van der Waals surface area contributed by atoms with Gasteiger partial charge in [0, 0.05) is 12.6 Å². The van der Waals surface area contributed by atoms with Crippen molar-refractivity contribution in [3.8, 4) is 0 Å². The number of anilines is 1. The Morgan fingerprint density at radius 1 is 1.71 bits per heavy atom. The maximum absolute atomic E-state index is 11.6. The first-order chi connectivity index (χ1) is 7.99. The van der Waals surface area contributed by atoms with Gasteiger partial charge in [0.25, 0.3) is 0 Å². The summed E-state index contributed by atoms with van der Waals surface area (Å²) in [5.41, 5.74) is 4.84. The van der Waals surface area contributed by atoms with E-state index >= 15 is 0 Å². The Labute approximate surface area is 97.5 Å². The number of rotatable bonds is 2. The SMILES string of the molecule is CC(O)C1OC(n2ccc(N)nc2=O)CC1O. The van der Waals surface area contributed by atoms with Crippen LogP contribution in [-0.2, 0) is 4.74 Å². The zero-order valence-corrected chi connectivity index (χ0v) is 9.35. The molecule has 0 spiro atoms. The fraction of sp³-hybridized carbons (Fsp3) is 0.600. The summed E-state index contributed by atoms with van der Waals surface area (Å²) < 4.78 is 6.68. The first-order valence-corrected chi connectivity index (χ1v) is 5.35. The fourth-order valence-corrected chi connectivity index (χ4v) is 1.93. The highest BCUT2D eigenvalue weighted by atomic mass is 16.5. The monoisotopic (exact) mass is 241 g/mol. The van der Waals surface area contributed by atoms with Gasteiger partial charge in [0.1, 0.15) is 18.1 Å². The molecule has 0 aromatic carbocycles. The molecule has 17 heavy (non-hydrogen) atoms. The minimum absolute atomic E-state index is 0.136. The topological polar surface area (TPSA) is 111 Å². The van der Waals surface area contributed by atoms with E-state index in [1.165, 1.54) is 23.8 Å². The van der Waals surface area contributed by atoms with Gasteiger partial charge in [0.2, 0.25) is 0 Å². The first-order valence-electron chi connectivity index (χ1n) is 5.35.